The quantitative estimate of drug-likeness (QED) is 0.742. The fraction of sp³-hybridized carbons (Fsp3) is 0.133. The molecular weight excluding hydrogens is 377 g/mol. The lowest BCUT2D eigenvalue weighted by molar-refractivity contribution is -0.141. The number of ether oxygens (including phenoxy) is 1. The van der Waals surface area contributed by atoms with Crippen LogP contribution in [-0.4, -0.2) is 13.1 Å². The van der Waals surface area contributed by atoms with Crippen LogP contribution in [0.3, 0.4) is 0 Å². The molecule has 0 bridgehead atoms. The molecule has 1 atom stereocenters. The first kappa shape index (κ1) is 16.1. The van der Waals surface area contributed by atoms with Gasteiger partial charge in [0.15, 0.2) is 6.04 Å². The van der Waals surface area contributed by atoms with Gasteiger partial charge in [-0.25, -0.2) is 4.79 Å². The molecule has 0 saturated carbocycles. The van der Waals surface area contributed by atoms with Crippen molar-refractivity contribution in [1.82, 2.24) is 0 Å². The second-order valence-electron chi connectivity index (χ2n) is 4.28. The molecule has 2 rings (SSSR count). The lowest BCUT2D eigenvalue weighted by Gasteiger charge is -2.18. The van der Waals surface area contributed by atoms with E-state index in [1.54, 1.807) is 18.2 Å². The van der Waals surface area contributed by atoms with Crippen molar-refractivity contribution in [3.8, 4) is 0 Å². The van der Waals surface area contributed by atoms with Crippen molar-refractivity contribution >= 4 is 50.8 Å². The van der Waals surface area contributed by atoms with Gasteiger partial charge in [0.2, 0.25) is 0 Å². The minimum atomic E-state index is -0.668. The highest BCUT2D eigenvalue weighted by Crippen LogP contribution is 2.28. The first-order valence-electron chi connectivity index (χ1n) is 6.06. The molecule has 0 aliphatic heterocycles. The van der Waals surface area contributed by atoms with Gasteiger partial charge in [-0.1, -0.05) is 51.3 Å². The number of carbonyl (C=O) groups excluding carboxylic acids is 1. The molecule has 3 nitrogen and oxygen atoms in total. The lowest BCUT2D eigenvalue weighted by Crippen LogP contribution is -2.22. The molecule has 0 heterocycles. The number of benzene rings is 2. The number of rotatable bonds is 4. The van der Waals surface area contributed by atoms with Crippen molar-refractivity contribution < 1.29 is 9.53 Å². The first-order chi connectivity index (χ1) is 10.0. The monoisotopic (exact) mass is 387 g/mol. The van der Waals surface area contributed by atoms with Gasteiger partial charge >= 0.3 is 5.97 Å². The Balaban J connectivity index is 2.34. The van der Waals surface area contributed by atoms with Gasteiger partial charge in [-0.3, -0.25) is 0 Å². The van der Waals surface area contributed by atoms with Gasteiger partial charge in [0, 0.05) is 10.2 Å². The Bertz CT molecular complexity index is 664. The van der Waals surface area contributed by atoms with E-state index >= 15 is 0 Å². The van der Waals surface area contributed by atoms with Gasteiger partial charge in [-0.15, -0.1) is 0 Å². The van der Waals surface area contributed by atoms with Crippen LogP contribution in [0.4, 0.5) is 5.69 Å². The molecule has 1 N–H and O–H groups in total. The summed E-state index contributed by atoms with van der Waals surface area (Å²) < 4.78 is 5.76. The largest absolute Gasteiger partial charge is 0.467 e. The van der Waals surface area contributed by atoms with Crippen LogP contribution in [0, 0.1) is 0 Å². The molecular formula is C15H12BrCl2NO2. The number of nitrogens with one attached hydrogen (secondary N) is 1. The third-order valence-corrected chi connectivity index (χ3v) is 4.08. The average Bonchev–Trinajstić information content (AvgIpc) is 2.47. The fourth-order valence-corrected chi connectivity index (χ4v) is 2.54. The smallest absolute Gasteiger partial charge is 0.332 e. The van der Waals surface area contributed by atoms with E-state index in [1.165, 1.54) is 7.11 Å². The average molecular weight is 389 g/mol. The molecule has 0 aromatic heterocycles. The van der Waals surface area contributed by atoms with E-state index in [9.17, 15) is 4.79 Å². The molecule has 21 heavy (non-hydrogen) atoms. The number of carbonyl (C=O) groups is 1. The molecule has 1 unspecified atom stereocenters. The number of methoxy groups -OCH3 is 1. The molecule has 0 radical (unpaired) electrons. The summed E-state index contributed by atoms with van der Waals surface area (Å²) >= 11 is 15.3. The van der Waals surface area contributed by atoms with Gasteiger partial charge in [0.1, 0.15) is 0 Å². The summed E-state index contributed by atoms with van der Waals surface area (Å²) in [6, 6.07) is 11.9. The maximum absolute atomic E-state index is 12.0. The molecule has 6 heteroatoms. The molecule has 0 aliphatic rings. The number of halogens is 3. The van der Waals surface area contributed by atoms with Crippen LogP contribution in [0.2, 0.25) is 10.0 Å². The van der Waals surface area contributed by atoms with E-state index < -0.39 is 12.0 Å². The normalized spacial score (nSPS) is 11.8. The van der Waals surface area contributed by atoms with Crippen LogP contribution in [0.25, 0.3) is 0 Å². The Labute approximate surface area is 141 Å². The van der Waals surface area contributed by atoms with Gasteiger partial charge in [-0.2, -0.15) is 0 Å². The van der Waals surface area contributed by atoms with Crippen LogP contribution >= 0.6 is 39.1 Å². The summed E-state index contributed by atoms with van der Waals surface area (Å²) in [4.78, 5) is 12.0. The highest BCUT2D eigenvalue weighted by Gasteiger charge is 2.22. The zero-order valence-electron chi connectivity index (χ0n) is 11.1. The Morgan fingerprint density at radius 3 is 2.57 bits per heavy atom. The molecule has 0 spiro atoms. The molecule has 0 amide bonds. The van der Waals surface area contributed by atoms with Crippen LogP contribution in [0.15, 0.2) is 46.9 Å². The van der Waals surface area contributed by atoms with Gasteiger partial charge in [-0.05, 0) is 35.9 Å². The zero-order valence-corrected chi connectivity index (χ0v) is 14.2. The summed E-state index contributed by atoms with van der Waals surface area (Å²) in [5.74, 6) is -0.409. The van der Waals surface area contributed by atoms with Crippen LogP contribution in [0.5, 0.6) is 0 Å². The Kier molecular flexibility index (Phi) is 5.51. The highest BCUT2D eigenvalue weighted by atomic mass is 79.9. The minimum absolute atomic E-state index is 0.388. The predicted octanol–water partition coefficient (Wildman–Crippen LogP) is 5.08. The summed E-state index contributed by atoms with van der Waals surface area (Å²) in [7, 11) is 1.34. The van der Waals surface area contributed by atoms with Gasteiger partial charge < -0.3 is 10.1 Å². The summed E-state index contributed by atoms with van der Waals surface area (Å²) in [5.41, 5.74) is 1.46. The fourth-order valence-electron chi connectivity index (χ4n) is 1.83. The van der Waals surface area contributed by atoms with Crippen molar-refractivity contribution in [3.05, 3.63) is 62.5 Å². The molecule has 0 aliphatic carbocycles. The zero-order chi connectivity index (χ0) is 15.4. The van der Waals surface area contributed by atoms with Crippen molar-refractivity contribution in [2.24, 2.45) is 0 Å². The minimum Gasteiger partial charge on any atom is -0.467 e. The summed E-state index contributed by atoms with van der Waals surface area (Å²) in [6.45, 7) is 0. The molecule has 0 saturated heterocycles. The lowest BCUT2D eigenvalue weighted by atomic mass is 10.1. The van der Waals surface area contributed by atoms with E-state index in [0.717, 1.165) is 10.2 Å². The Morgan fingerprint density at radius 2 is 1.95 bits per heavy atom. The maximum Gasteiger partial charge on any atom is 0.332 e. The number of esters is 1. The summed E-state index contributed by atoms with van der Waals surface area (Å²) in [5, 5.41) is 3.95. The number of hydrogen-bond donors (Lipinski definition) is 1. The third kappa shape index (κ3) is 4.13. The number of anilines is 1. The van der Waals surface area contributed by atoms with E-state index in [2.05, 4.69) is 21.2 Å². The van der Waals surface area contributed by atoms with E-state index in [1.807, 2.05) is 24.3 Å². The highest BCUT2D eigenvalue weighted by molar-refractivity contribution is 9.10. The van der Waals surface area contributed by atoms with Crippen molar-refractivity contribution in [1.29, 1.82) is 0 Å². The second-order valence-corrected chi connectivity index (χ2v) is 6.01. The Morgan fingerprint density at radius 1 is 1.19 bits per heavy atom. The van der Waals surface area contributed by atoms with Crippen LogP contribution in [-0.2, 0) is 9.53 Å². The maximum atomic E-state index is 12.0. The SMILES string of the molecule is COC(=O)C(Nc1cccc(Br)c1)c1ccc(Cl)c(Cl)c1. The topological polar surface area (TPSA) is 38.3 Å². The van der Waals surface area contributed by atoms with Crippen molar-refractivity contribution in [3.63, 3.8) is 0 Å². The molecule has 0 fully saturated rings. The number of hydrogen-bond acceptors (Lipinski definition) is 3. The van der Waals surface area contributed by atoms with E-state index in [-0.39, 0.29) is 0 Å². The van der Waals surface area contributed by atoms with Gasteiger partial charge in [0.05, 0.1) is 17.2 Å². The molecule has 2 aromatic rings. The van der Waals surface area contributed by atoms with Crippen LogP contribution < -0.4 is 5.32 Å². The summed E-state index contributed by atoms with van der Waals surface area (Å²) in [6.07, 6.45) is 0. The Hall–Kier alpha value is -1.23. The van der Waals surface area contributed by atoms with Gasteiger partial charge in [0.25, 0.3) is 0 Å². The van der Waals surface area contributed by atoms with Crippen molar-refractivity contribution in [2.45, 2.75) is 6.04 Å². The third-order valence-electron chi connectivity index (χ3n) is 2.85. The first-order valence-corrected chi connectivity index (χ1v) is 7.61. The van der Waals surface area contributed by atoms with Crippen molar-refractivity contribution in [2.75, 3.05) is 12.4 Å². The van der Waals surface area contributed by atoms with Crippen LogP contribution in [0.1, 0.15) is 11.6 Å². The predicted molar refractivity (Wildman–Crippen MR) is 89.0 cm³/mol. The van der Waals surface area contributed by atoms with E-state index in [0.29, 0.717) is 15.6 Å². The molecule has 110 valence electrons. The molecule has 2 aromatic carbocycles. The standard InChI is InChI=1S/C15H12BrCl2NO2/c1-21-15(20)14(9-5-6-12(17)13(18)7-9)19-11-4-2-3-10(16)8-11/h2-8,14,19H,1H3. The second kappa shape index (κ2) is 7.16. The van der Waals surface area contributed by atoms with E-state index in [4.69, 9.17) is 27.9 Å².